The van der Waals surface area contributed by atoms with Crippen LogP contribution in [0.5, 0.6) is 0 Å². The van der Waals surface area contributed by atoms with Crippen molar-refractivity contribution in [2.45, 2.75) is 32.1 Å². The third-order valence-corrected chi connectivity index (χ3v) is 3.36. The maximum absolute atomic E-state index is 11.3. The average molecular weight is 222 g/mol. The number of nitrogens with one attached hydrogen (secondary N) is 2. The molecule has 3 heteroatoms. The molecule has 1 fully saturated rings. The van der Waals surface area contributed by atoms with Crippen LogP contribution in [-0.2, 0) is 4.79 Å². The van der Waals surface area contributed by atoms with Crippen LogP contribution in [0.4, 0.5) is 0 Å². The summed E-state index contributed by atoms with van der Waals surface area (Å²) in [5, 5.41) is 6.39. The van der Waals surface area contributed by atoms with Gasteiger partial charge in [-0.25, -0.2) is 0 Å². The van der Waals surface area contributed by atoms with Crippen molar-refractivity contribution in [3.63, 3.8) is 0 Å². The number of carbonyl (C=O) groups is 1. The first-order valence-corrected chi connectivity index (χ1v) is 6.49. The highest BCUT2D eigenvalue weighted by Gasteiger charge is 2.28. The second kappa shape index (κ2) is 6.04. The van der Waals surface area contributed by atoms with Gasteiger partial charge in [0.2, 0.25) is 5.91 Å². The third kappa shape index (κ3) is 3.97. The molecule has 0 saturated heterocycles. The Labute approximate surface area is 97.7 Å². The molecular formula is C13H22N2O. The predicted molar refractivity (Wildman–Crippen MR) is 65.1 cm³/mol. The fraction of sp³-hybridized carbons (Fsp3) is 0.769. The van der Waals surface area contributed by atoms with Crippen LogP contribution in [-0.4, -0.2) is 25.5 Å². The van der Waals surface area contributed by atoms with Crippen molar-refractivity contribution in [2.75, 3.05) is 19.6 Å². The quantitative estimate of drug-likeness (QED) is 0.527. The van der Waals surface area contributed by atoms with Gasteiger partial charge in [0.05, 0.1) is 0 Å². The molecule has 2 rings (SSSR count). The molecule has 0 aromatic carbocycles. The number of rotatable bonds is 6. The molecule has 0 spiro atoms. The Balaban J connectivity index is 1.45. The highest BCUT2D eigenvalue weighted by molar-refractivity contribution is 5.80. The molecule has 0 radical (unpaired) electrons. The molecule has 16 heavy (non-hydrogen) atoms. The van der Waals surface area contributed by atoms with Gasteiger partial charge in [0.25, 0.3) is 0 Å². The zero-order valence-electron chi connectivity index (χ0n) is 9.87. The normalized spacial score (nSPS) is 24.4. The van der Waals surface area contributed by atoms with Gasteiger partial charge in [-0.1, -0.05) is 12.2 Å². The molecule has 1 unspecified atom stereocenters. The number of carbonyl (C=O) groups excluding carboxylic acids is 1. The standard InChI is InChI=1S/C13H22N2O/c16-13(12-6-7-12)15-9-8-14-10-11-4-2-1-3-5-11/h1-2,11-12,14H,3-10H2,(H,15,16). The minimum absolute atomic E-state index is 0.252. The van der Waals surface area contributed by atoms with E-state index in [-0.39, 0.29) is 5.91 Å². The van der Waals surface area contributed by atoms with Crippen molar-refractivity contribution in [1.82, 2.24) is 10.6 Å². The van der Waals surface area contributed by atoms with Gasteiger partial charge in [0, 0.05) is 19.0 Å². The lowest BCUT2D eigenvalue weighted by atomic mass is 9.94. The van der Waals surface area contributed by atoms with Crippen molar-refractivity contribution in [3.05, 3.63) is 12.2 Å². The lowest BCUT2D eigenvalue weighted by Gasteiger charge is -2.18. The number of allylic oxidation sites excluding steroid dienone is 2. The molecular weight excluding hydrogens is 200 g/mol. The summed E-state index contributed by atoms with van der Waals surface area (Å²) in [6.45, 7) is 2.76. The summed E-state index contributed by atoms with van der Waals surface area (Å²) >= 11 is 0. The molecule has 1 atom stereocenters. The van der Waals surface area contributed by atoms with E-state index in [4.69, 9.17) is 0 Å². The highest BCUT2D eigenvalue weighted by atomic mass is 16.2. The fourth-order valence-electron chi connectivity index (χ4n) is 2.11. The topological polar surface area (TPSA) is 41.1 Å². The van der Waals surface area contributed by atoms with Crippen LogP contribution in [0.2, 0.25) is 0 Å². The second-order valence-electron chi connectivity index (χ2n) is 4.92. The van der Waals surface area contributed by atoms with Crippen molar-refractivity contribution in [1.29, 1.82) is 0 Å². The Kier molecular flexibility index (Phi) is 4.40. The molecule has 2 aliphatic carbocycles. The SMILES string of the molecule is O=C(NCCNCC1CC=CCC1)C1CC1. The summed E-state index contributed by atoms with van der Waals surface area (Å²) in [4.78, 5) is 11.3. The maximum atomic E-state index is 11.3. The first kappa shape index (κ1) is 11.6. The highest BCUT2D eigenvalue weighted by Crippen LogP contribution is 2.28. The van der Waals surface area contributed by atoms with Gasteiger partial charge in [-0.2, -0.15) is 0 Å². The fourth-order valence-corrected chi connectivity index (χ4v) is 2.11. The Morgan fingerprint density at radius 3 is 2.75 bits per heavy atom. The molecule has 3 nitrogen and oxygen atoms in total. The summed E-state index contributed by atoms with van der Waals surface area (Å²) in [5.41, 5.74) is 0. The van der Waals surface area contributed by atoms with E-state index < -0.39 is 0 Å². The van der Waals surface area contributed by atoms with E-state index in [9.17, 15) is 4.79 Å². The Morgan fingerprint density at radius 1 is 1.19 bits per heavy atom. The van der Waals surface area contributed by atoms with Gasteiger partial charge >= 0.3 is 0 Å². The predicted octanol–water partition coefficient (Wildman–Crippen LogP) is 1.46. The zero-order chi connectivity index (χ0) is 11.2. The summed E-state index contributed by atoms with van der Waals surface area (Å²) in [5.74, 6) is 1.38. The third-order valence-electron chi connectivity index (χ3n) is 3.36. The van der Waals surface area contributed by atoms with Crippen molar-refractivity contribution >= 4 is 5.91 Å². The van der Waals surface area contributed by atoms with Crippen molar-refractivity contribution in [2.24, 2.45) is 11.8 Å². The molecule has 0 heterocycles. The Bertz CT molecular complexity index is 259. The first-order chi connectivity index (χ1) is 7.86. The van der Waals surface area contributed by atoms with Crippen LogP contribution in [0.3, 0.4) is 0 Å². The van der Waals surface area contributed by atoms with Gasteiger partial charge < -0.3 is 10.6 Å². The van der Waals surface area contributed by atoms with Crippen LogP contribution in [0.15, 0.2) is 12.2 Å². The van der Waals surface area contributed by atoms with Gasteiger partial charge in [-0.15, -0.1) is 0 Å². The van der Waals surface area contributed by atoms with E-state index in [2.05, 4.69) is 22.8 Å². The van der Waals surface area contributed by atoms with Crippen molar-refractivity contribution in [3.8, 4) is 0 Å². The monoisotopic (exact) mass is 222 g/mol. The zero-order valence-corrected chi connectivity index (χ0v) is 9.87. The number of amides is 1. The summed E-state index contributed by atoms with van der Waals surface area (Å²) in [6.07, 6.45) is 10.5. The van der Waals surface area contributed by atoms with E-state index in [0.717, 1.165) is 38.4 Å². The molecule has 2 aliphatic rings. The average Bonchev–Trinajstić information content (AvgIpc) is 3.13. The van der Waals surface area contributed by atoms with E-state index in [0.29, 0.717) is 5.92 Å². The van der Waals surface area contributed by atoms with Gasteiger partial charge in [-0.05, 0) is 44.6 Å². The smallest absolute Gasteiger partial charge is 0.223 e. The molecule has 0 aliphatic heterocycles. The van der Waals surface area contributed by atoms with E-state index in [1.807, 2.05) is 0 Å². The molecule has 2 N–H and O–H groups in total. The first-order valence-electron chi connectivity index (χ1n) is 6.49. The van der Waals surface area contributed by atoms with Crippen LogP contribution in [0, 0.1) is 11.8 Å². The maximum Gasteiger partial charge on any atom is 0.223 e. The molecule has 1 amide bonds. The molecule has 1 saturated carbocycles. The van der Waals surface area contributed by atoms with Crippen LogP contribution in [0.25, 0.3) is 0 Å². The van der Waals surface area contributed by atoms with Crippen molar-refractivity contribution < 1.29 is 4.79 Å². The largest absolute Gasteiger partial charge is 0.355 e. The number of hydrogen-bond donors (Lipinski definition) is 2. The van der Waals surface area contributed by atoms with Gasteiger partial charge in [-0.3, -0.25) is 4.79 Å². The summed E-state index contributed by atoms with van der Waals surface area (Å²) in [7, 11) is 0. The van der Waals surface area contributed by atoms with E-state index in [1.54, 1.807) is 0 Å². The lowest BCUT2D eigenvalue weighted by Crippen LogP contribution is -2.34. The second-order valence-corrected chi connectivity index (χ2v) is 4.92. The molecule has 0 aromatic rings. The molecule has 90 valence electrons. The van der Waals surface area contributed by atoms with Gasteiger partial charge in [0.15, 0.2) is 0 Å². The number of hydrogen-bond acceptors (Lipinski definition) is 2. The Morgan fingerprint density at radius 2 is 2.06 bits per heavy atom. The molecule has 0 aromatic heterocycles. The van der Waals surface area contributed by atoms with Gasteiger partial charge in [0.1, 0.15) is 0 Å². The minimum Gasteiger partial charge on any atom is -0.355 e. The van der Waals surface area contributed by atoms with Crippen LogP contribution >= 0.6 is 0 Å². The van der Waals surface area contributed by atoms with E-state index in [1.165, 1.54) is 19.3 Å². The van der Waals surface area contributed by atoms with E-state index >= 15 is 0 Å². The molecule has 0 bridgehead atoms. The van der Waals surface area contributed by atoms with Crippen LogP contribution in [0.1, 0.15) is 32.1 Å². The minimum atomic E-state index is 0.252. The summed E-state index contributed by atoms with van der Waals surface area (Å²) < 4.78 is 0. The Hall–Kier alpha value is -0.830. The lowest BCUT2D eigenvalue weighted by molar-refractivity contribution is -0.122. The van der Waals surface area contributed by atoms with Crippen LogP contribution < -0.4 is 10.6 Å². The summed E-state index contributed by atoms with van der Waals surface area (Å²) in [6, 6.07) is 0.